The van der Waals surface area contributed by atoms with Crippen molar-refractivity contribution in [3.05, 3.63) is 52.7 Å². The number of para-hydroxylation sites is 1. The Kier molecular flexibility index (Phi) is 6.41. The highest BCUT2D eigenvalue weighted by molar-refractivity contribution is 7.09. The molecular weight excluding hydrogens is 346 g/mol. The van der Waals surface area contributed by atoms with Gasteiger partial charge < -0.3 is 10.2 Å². The van der Waals surface area contributed by atoms with Gasteiger partial charge in [-0.2, -0.15) is 0 Å². The molecule has 1 saturated heterocycles. The van der Waals surface area contributed by atoms with Crippen molar-refractivity contribution in [3.8, 4) is 0 Å². The van der Waals surface area contributed by atoms with Crippen LogP contribution in [0.5, 0.6) is 0 Å². The van der Waals surface area contributed by atoms with Crippen LogP contribution in [-0.2, 0) is 16.1 Å². The number of piperidine rings is 1. The number of thiophene rings is 1. The molecule has 2 aromatic rings. The maximum atomic E-state index is 12.5. The van der Waals surface area contributed by atoms with Gasteiger partial charge in [-0.3, -0.25) is 14.5 Å². The Balaban J connectivity index is 1.49. The maximum Gasteiger partial charge on any atom is 0.236 e. The zero-order valence-corrected chi connectivity index (χ0v) is 15.9. The van der Waals surface area contributed by atoms with Crippen LogP contribution in [0, 0.1) is 5.92 Å². The van der Waals surface area contributed by atoms with E-state index in [1.807, 2.05) is 54.9 Å². The van der Waals surface area contributed by atoms with Crippen molar-refractivity contribution in [1.82, 2.24) is 9.80 Å². The minimum atomic E-state index is -0.0700. The molecule has 2 heterocycles. The van der Waals surface area contributed by atoms with E-state index >= 15 is 0 Å². The van der Waals surface area contributed by atoms with Crippen LogP contribution in [0.2, 0.25) is 0 Å². The Morgan fingerprint density at radius 3 is 2.77 bits per heavy atom. The van der Waals surface area contributed by atoms with Crippen molar-refractivity contribution in [2.45, 2.75) is 19.4 Å². The van der Waals surface area contributed by atoms with Crippen LogP contribution >= 0.6 is 11.3 Å². The largest absolute Gasteiger partial charge is 0.340 e. The van der Waals surface area contributed by atoms with Crippen molar-refractivity contribution in [1.29, 1.82) is 0 Å². The van der Waals surface area contributed by atoms with Gasteiger partial charge in [-0.05, 0) is 43.0 Å². The topological polar surface area (TPSA) is 52.7 Å². The lowest BCUT2D eigenvalue weighted by Gasteiger charge is -2.32. The van der Waals surface area contributed by atoms with E-state index in [9.17, 15) is 9.59 Å². The molecule has 0 saturated carbocycles. The summed E-state index contributed by atoms with van der Waals surface area (Å²) < 4.78 is 0. The van der Waals surface area contributed by atoms with Gasteiger partial charge in [0.2, 0.25) is 11.8 Å². The molecule has 1 aliphatic rings. The highest BCUT2D eigenvalue weighted by atomic mass is 32.1. The molecule has 3 rings (SSSR count). The molecule has 0 spiro atoms. The van der Waals surface area contributed by atoms with E-state index in [2.05, 4.69) is 10.2 Å². The van der Waals surface area contributed by atoms with E-state index in [0.29, 0.717) is 19.6 Å². The molecule has 0 bridgehead atoms. The number of likely N-dealkylation sites (tertiary alicyclic amines) is 1. The molecule has 5 nitrogen and oxygen atoms in total. The number of carbonyl (C=O) groups is 2. The Morgan fingerprint density at radius 2 is 2.04 bits per heavy atom. The number of rotatable bonds is 6. The lowest BCUT2D eigenvalue weighted by molar-refractivity contribution is -0.133. The second-order valence-corrected chi connectivity index (χ2v) is 7.79. The first-order valence-corrected chi connectivity index (χ1v) is 9.84. The van der Waals surface area contributed by atoms with Gasteiger partial charge in [0.1, 0.15) is 0 Å². The summed E-state index contributed by atoms with van der Waals surface area (Å²) in [6.45, 7) is 2.52. The summed E-state index contributed by atoms with van der Waals surface area (Å²) in [5, 5.41) is 5.00. The summed E-state index contributed by atoms with van der Waals surface area (Å²) in [6, 6.07) is 13.6. The SMILES string of the molecule is CN(Cc1cccs1)C(=O)CN1CCC[C@H](C(=O)Nc2ccccc2)C1. The smallest absolute Gasteiger partial charge is 0.236 e. The number of hydrogen-bond acceptors (Lipinski definition) is 4. The Bertz CT molecular complexity index is 718. The van der Waals surface area contributed by atoms with E-state index in [4.69, 9.17) is 0 Å². The minimum Gasteiger partial charge on any atom is -0.340 e. The van der Waals surface area contributed by atoms with E-state index in [-0.39, 0.29) is 17.7 Å². The highest BCUT2D eigenvalue weighted by Gasteiger charge is 2.27. The van der Waals surface area contributed by atoms with Crippen LogP contribution in [0.4, 0.5) is 5.69 Å². The number of amides is 2. The van der Waals surface area contributed by atoms with Gasteiger partial charge in [-0.25, -0.2) is 0 Å². The van der Waals surface area contributed by atoms with E-state index in [0.717, 1.165) is 25.1 Å². The number of hydrogen-bond donors (Lipinski definition) is 1. The van der Waals surface area contributed by atoms with E-state index < -0.39 is 0 Å². The minimum absolute atomic E-state index is 0.0419. The average molecular weight is 372 g/mol. The zero-order chi connectivity index (χ0) is 18.4. The van der Waals surface area contributed by atoms with Crippen LogP contribution in [0.15, 0.2) is 47.8 Å². The summed E-state index contributed by atoms with van der Waals surface area (Å²) in [5.74, 6) is 0.0714. The fraction of sp³-hybridized carbons (Fsp3) is 0.400. The normalized spacial score (nSPS) is 17.7. The second-order valence-electron chi connectivity index (χ2n) is 6.76. The van der Waals surface area contributed by atoms with Crippen molar-refractivity contribution in [2.24, 2.45) is 5.92 Å². The standard InChI is InChI=1S/C20H25N3O2S/c1-22(14-18-10-6-12-26-18)19(24)15-23-11-5-7-16(13-23)20(25)21-17-8-3-2-4-9-17/h2-4,6,8-10,12,16H,5,7,11,13-15H2,1H3,(H,21,25)/t16-/m0/s1. The van der Waals surface area contributed by atoms with Crippen molar-refractivity contribution in [3.63, 3.8) is 0 Å². The van der Waals surface area contributed by atoms with Crippen LogP contribution in [-0.4, -0.2) is 48.3 Å². The van der Waals surface area contributed by atoms with E-state index in [1.54, 1.807) is 16.2 Å². The van der Waals surface area contributed by atoms with Crippen LogP contribution in [0.25, 0.3) is 0 Å². The van der Waals surface area contributed by atoms with Crippen LogP contribution < -0.4 is 5.32 Å². The van der Waals surface area contributed by atoms with Crippen molar-refractivity contribution >= 4 is 28.8 Å². The molecule has 1 aromatic heterocycles. The monoisotopic (exact) mass is 371 g/mol. The quantitative estimate of drug-likeness (QED) is 0.849. The fourth-order valence-corrected chi connectivity index (χ4v) is 3.97. The number of nitrogens with zero attached hydrogens (tertiary/aromatic N) is 2. The first-order valence-electron chi connectivity index (χ1n) is 8.96. The molecule has 138 valence electrons. The molecule has 0 aliphatic carbocycles. The van der Waals surface area contributed by atoms with E-state index in [1.165, 1.54) is 4.88 Å². The summed E-state index contributed by atoms with van der Waals surface area (Å²) in [7, 11) is 1.84. The first-order chi connectivity index (χ1) is 12.6. The third-order valence-corrected chi connectivity index (χ3v) is 5.54. The first kappa shape index (κ1) is 18.6. The lowest BCUT2D eigenvalue weighted by Crippen LogP contribution is -2.45. The third-order valence-electron chi connectivity index (χ3n) is 4.68. The van der Waals surface area contributed by atoms with Gasteiger partial charge in [0, 0.05) is 24.2 Å². The maximum absolute atomic E-state index is 12.5. The summed E-state index contributed by atoms with van der Waals surface area (Å²) in [4.78, 5) is 30.1. The van der Waals surface area contributed by atoms with Gasteiger partial charge in [0.15, 0.2) is 0 Å². The highest BCUT2D eigenvalue weighted by Crippen LogP contribution is 2.19. The van der Waals surface area contributed by atoms with Crippen molar-refractivity contribution < 1.29 is 9.59 Å². The molecule has 0 unspecified atom stereocenters. The summed E-state index contributed by atoms with van der Waals surface area (Å²) in [5.41, 5.74) is 0.821. The van der Waals surface area contributed by atoms with Gasteiger partial charge in [-0.15, -0.1) is 11.3 Å². The number of carbonyl (C=O) groups excluding carboxylic acids is 2. The Labute approximate surface area is 158 Å². The third kappa shape index (κ3) is 5.16. The van der Waals surface area contributed by atoms with Crippen molar-refractivity contribution in [2.75, 3.05) is 32.0 Å². The molecule has 1 aliphatic heterocycles. The molecule has 6 heteroatoms. The zero-order valence-electron chi connectivity index (χ0n) is 15.1. The number of anilines is 1. The summed E-state index contributed by atoms with van der Waals surface area (Å²) in [6.07, 6.45) is 1.81. The number of benzene rings is 1. The van der Waals surface area contributed by atoms with Gasteiger partial charge in [-0.1, -0.05) is 24.3 Å². The molecular formula is C20H25N3O2S. The molecule has 1 fully saturated rings. The predicted molar refractivity (Wildman–Crippen MR) is 105 cm³/mol. The van der Waals surface area contributed by atoms with Gasteiger partial charge >= 0.3 is 0 Å². The lowest BCUT2D eigenvalue weighted by atomic mass is 9.97. The van der Waals surface area contributed by atoms with Gasteiger partial charge in [0.05, 0.1) is 19.0 Å². The fourth-order valence-electron chi connectivity index (χ4n) is 3.22. The van der Waals surface area contributed by atoms with Gasteiger partial charge in [0.25, 0.3) is 0 Å². The predicted octanol–water partition coefficient (Wildman–Crippen LogP) is 3.06. The Hall–Kier alpha value is -2.18. The Morgan fingerprint density at radius 1 is 1.23 bits per heavy atom. The van der Waals surface area contributed by atoms with Crippen LogP contribution in [0.3, 0.4) is 0 Å². The molecule has 2 amide bonds. The van der Waals surface area contributed by atoms with Crippen LogP contribution in [0.1, 0.15) is 17.7 Å². The average Bonchev–Trinajstić information content (AvgIpc) is 3.15. The summed E-state index contributed by atoms with van der Waals surface area (Å²) >= 11 is 1.66. The number of nitrogens with one attached hydrogen (secondary N) is 1. The molecule has 0 radical (unpaired) electrons. The molecule has 1 atom stereocenters. The molecule has 26 heavy (non-hydrogen) atoms. The molecule has 1 aromatic carbocycles. The number of likely N-dealkylation sites (N-methyl/N-ethyl adjacent to an activating group) is 1. The second kappa shape index (κ2) is 8.96. The molecule has 1 N–H and O–H groups in total.